The van der Waals surface area contributed by atoms with E-state index in [0.29, 0.717) is 28.0 Å². The molecule has 8 heteroatoms. The van der Waals surface area contributed by atoms with E-state index >= 15 is 0 Å². The van der Waals surface area contributed by atoms with Gasteiger partial charge >= 0.3 is 0 Å². The van der Waals surface area contributed by atoms with Crippen molar-refractivity contribution in [3.05, 3.63) is 67.8 Å². The van der Waals surface area contributed by atoms with Gasteiger partial charge in [-0.2, -0.15) is 5.10 Å². The molecule has 0 fully saturated rings. The Bertz CT molecular complexity index is 929. The highest BCUT2D eigenvalue weighted by Crippen LogP contribution is 2.30. The van der Waals surface area contributed by atoms with Crippen molar-refractivity contribution in [2.75, 3.05) is 5.32 Å². The topological polar surface area (TPSA) is 60.1 Å². The number of nitrogens with zero attached hydrogens (tertiary/aromatic N) is 2. The first-order valence-electron chi connectivity index (χ1n) is 7.40. The monoisotopic (exact) mass is 441 g/mol. The van der Waals surface area contributed by atoms with Crippen LogP contribution in [0.2, 0.25) is 10.0 Å². The Morgan fingerprint density at radius 2 is 1.92 bits per heavy atom. The first-order chi connectivity index (χ1) is 11.9. The molecule has 5 nitrogen and oxygen atoms in total. The molecule has 0 saturated carbocycles. The summed E-state index contributed by atoms with van der Waals surface area (Å²) in [6.07, 6.45) is 0. The molecule has 0 saturated heterocycles. The molecule has 0 spiro atoms. The number of hydrogen-bond acceptors (Lipinski definition) is 3. The zero-order valence-electron chi connectivity index (χ0n) is 13.4. The molecule has 1 N–H and O–H groups in total. The zero-order valence-corrected chi connectivity index (χ0v) is 16.5. The van der Waals surface area contributed by atoms with Crippen molar-refractivity contribution in [3.8, 4) is 0 Å². The Kier molecular flexibility index (Phi) is 5.22. The number of carbonyl (C=O) groups excluding carboxylic acids is 1. The predicted octanol–water partition coefficient (Wildman–Crippen LogP) is 5.46. The number of anilines is 1. The summed E-state index contributed by atoms with van der Waals surface area (Å²) >= 11 is 15.6. The van der Waals surface area contributed by atoms with Gasteiger partial charge in [-0.25, -0.2) is 0 Å². The van der Waals surface area contributed by atoms with E-state index in [2.05, 4.69) is 26.3 Å². The van der Waals surface area contributed by atoms with Crippen LogP contribution >= 0.6 is 39.1 Å². The average molecular weight is 443 g/mol. The minimum atomic E-state index is -0.421. The lowest BCUT2D eigenvalue weighted by Crippen LogP contribution is -2.11. The van der Waals surface area contributed by atoms with E-state index in [4.69, 9.17) is 27.6 Å². The average Bonchev–Trinajstić information content (AvgIpc) is 3.13. The van der Waals surface area contributed by atoms with Crippen LogP contribution in [0.5, 0.6) is 0 Å². The molecule has 3 aromatic rings. The van der Waals surface area contributed by atoms with Crippen LogP contribution in [0.1, 0.15) is 27.7 Å². The van der Waals surface area contributed by atoms with Crippen LogP contribution in [0.25, 0.3) is 0 Å². The molecule has 0 atom stereocenters. The molecule has 25 heavy (non-hydrogen) atoms. The third-order valence-corrected chi connectivity index (χ3v) is 5.46. The maximum Gasteiger partial charge on any atom is 0.291 e. The molecular weight excluding hydrogens is 429 g/mol. The second kappa shape index (κ2) is 7.23. The number of benzene rings is 1. The van der Waals surface area contributed by atoms with Crippen molar-refractivity contribution in [2.24, 2.45) is 0 Å². The number of carbonyl (C=O) groups is 1. The smallest absolute Gasteiger partial charge is 0.291 e. The van der Waals surface area contributed by atoms with Crippen LogP contribution in [-0.4, -0.2) is 15.7 Å². The fourth-order valence-corrected chi connectivity index (χ4v) is 3.13. The second-order valence-corrected chi connectivity index (χ2v) is 7.07. The summed E-state index contributed by atoms with van der Waals surface area (Å²) in [6, 6.07) is 8.36. The number of para-hydroxylation sites is 1. The normalized spacial score (nSPS) is 10.9. The zero-order chi connectivity index (χ0) is 18.1. The van der Waals surface area contributed by atoms with Gasteiger partial charge in [-0.15, -0.1) is 0 Å². The fraction of sp³-hybridized carbons (Fsp3) is 0.176. The summed E-state index contributed by atoms with van der Waals surface area (Å²) in [5.74, 6) is 0.371. The van der Waals surface area contributed by atoms with Gasteiger partial charge in [-0.3, -0.25) is 9.48 Å². The maximum atomic E-state index is 12.4. The van der Waals surface area contributed by atoms with Crippen molar-refractivity contribution in [1.82, 2.24) is 9.78 Å². The van der Waals surface area contributed by atoms with Gasteiger partial charge in [0.05, 0.1) is 38.1 Å². The Labute approximate surface area is 163 Å². The highest BCUT2D eigenvalue weighted by Gasteiger charge is 2.16. The molecule has 0 bridgehead atoms. The van der Waals surface area contributed by atoms with Crippen LogP contribution in [-0.2, 0) is 6.54 Å². The Morgan fingerprint density at radius 3 is 2.52 bits per heavy atom. The Balaban J connectivity index is 1.77. The van der Waals surface area contributed by atoms with Crippen molar-refractivity contribution in [3.63, 3.8) is 0 Å². The molecule has 2 heterocycles. The number of furan rings is 1. The lowest BCUT2D eigenvalue weighted by molar-refractivity contribution is 0.0994. The number of amides is 1. The number of aromatic nitrogens is 2. The predicted molar refractivity (Wildman–Crippen MR) is 102 cm³/mol. The highest BCUT2D eigenvalue weighted by molar-refractivity contribution is 9.10. The summed E-state index contributed by atoms with van der Waals surface area (Å²) < 4.78 is 8.40. The Hall–Kier alpha value is -1.76. The van der Waals surface area contributed by atoms with Gasteiger partial charge in [0.15, 0.2) is 5.76 Å². The highest BCUT2D eigenvalue weighted by atomic mass is 79.9. The molecule has 0 aliphatic carbocycles. The lowest BCUT2D eigenvalue weighted by atomic mass is 10.3. The van der Waals surface area contributed by atoms with Crippen LogP contribution in [0, 0.1) is 13.8 Å². The molecule has 2 aromatic heterocycles. The number of aryl methyl sites for hydroxylation is 1. The quantitative estimate of drug-likeness (QED) is 0.583. The second-order valence-electron chi connectivity index (χ2n) is 5.46. The maximum absolute atomic E-state index is 12.4. The lowest BCUT2D eigenvalue weighted by Gasteiger charge is -2.07. The molecule has 3 rings (SSSR count). The summed E-state index contributed by atoms with van der Waals surface area (Å²) in [5, 5.41) is 7.82. The first-order valence-corrected chi connectivity index (χ1v) is 8.95. The van der Waals surface area contributed by atoms with Crippen LogP contribution in [0.3, 0.4) is 0 Å². The number of nitrogens with one attached hydrogen (secondary N) is 1. The van der Waals surface area contributed by atoms with Gasteiger partial charge in [0.25, 0.3) is 5.91 Å². The molecule has 0 unspecified atom stereocenters. The van der Waals surface area contributed by atoms with E-state index in [-0.39, 0.29) is 5.76 Å². The largest absolute Gasteiger partial charge is 0.454 e. The van der Waals surface area contributed by atoms with E-state index in [1.807, 2.05) is 18.5 Å². The van der Waals surface area contributed by atoms with Crippen LogP contribution in [0.15, 0.2) is 39.2 Å². The molecule has 0 aliphatic heterocycles. The molecule has 1 aromatic carbocycles. The number of rotatable bonds is 4. The van der Waals surface area contributed by atoms with E-state index in [1.165, 1.54) is 0 Å². The first kappa shape index (κ1) is 18.0. The molecule has 130 valence electrons. The van der Waals surface area contributed by atoms with Gasteiger partial charge in [-0.1, -0.05) is 29.3 Å². The van der Waals surface area contributed by atoms with Crippen molar-refractivity contribution in [1.29, 1.82) is 0 Å². The van der Waals surface area contributed by atoms with Gasteiger partial charge in [0.1, 0.15) is 5.76 Å². The van der Waals surface area contributed by atoms with Gasteiger partial charge in [0, 0.05) is 0 Å². The molecule has 0 radical (unpaired) electrons. The van der Waals surface area contributed by atoms with Crippen molar-refractivity contribution in [2.45, 2.75) is 20.4 Å². The summed E-state index contributed by atoms with van der Waals surface area (Å²) in [6.45, 7) is 4.31. The fourth-order valence-electron chi connectivity index (χ4n) is 2.35. The van der Waals surface area contributed by atoms with E-state index in [1.54, 1.807) is 30.3 Å². The third kappa shape index (κ3) is 3.76. The van der Waals surface area contributed by atoms with Gasteiger partial charge in [-0.05, 0) is 54.0 Å². The summed E-state index contributed by atoms with van der Waals surface area (Å²) in [4.78, 5) is 12.4. The van der Waals surface area contributed by atoms with Crippen LogP contribution < -0.4 is 5.32 Å². The van der Waals surface area contributed by atoms with E-state index in [9.17, 15) is 4.79 Å². The minimum Gasteiger partial charge on any atom is -0.454 e. The number of hydrogen-bond donors (Lipinski definition) is 1. The van der Waals surface area contributed by atoms with Gasteiger partial charge < -0.3 is 9.73 Å². The number of halogens is 3. The molecular formula is C17H14BrCl2N3O2. The SMILES string of the molecule is Cc1nn(Cc2ccc(C(=O)Nc3c(Cl)cccc3Cl)o2)c(C)c1Br. The standard InChI is InChI=1S/C17H14BrCl2N3O2/c1-9-15(18)10(2)23(22-9)8-11-6-7-14(25-11)17(24)21-16-12(19)4-3-5-13(16)20/h3-7H,8H2,1-2H3,(H,21,24). The van der Waals surface area contributed by atoms with Crippen molar-refractivity contribution < 1.29 is 9.21 Å². The molecule has 0 aliphatic rings. The van der Waals surface area contributed by atoms with E-state index in [0.717, 1.165) is 15.9 Å². The summed E-state index contributed by atoms with van der Waals surface area (Å²) in [5.41, 5.74) is 2.24. The summed E-state index contributed by atoms with van der Waals surface area (Å²) in [7, 11) is 0. The Morgan fingerprint density at radius 1 is 1.24 bits per heavy atom. The minimum absolute atomic E-state index is 0.173. The van der Waals surface area contributed by atoms with Gasteiger partial charge in [0.2, 0.25) is 0 Å². The molecule has 1 amide bonds. The van der Waals surface area contributed by atoms with Crippen molar-refractivity contribution >= 4 is 50.7 Å². The van der Waals surface area contributed by atoms with Crippen LogP contribution in [0.4, 0.5) is 5.69 Å². The van der Waals surface area contributed by atoms with E-state index < -0.39 is 5.91 Å². The third-order valence-electron chi connectivity index (χ3n) is 3.69.